The number of aliphatic hydroxyl groups excluding tert-OH is 1. The van der Waals surface area contributed by atoms with Gasteiger partial charge in [-0.05, 0) is 67.6 Å². The van der Waals surface area contributed by atoms with Gasteiger partial charge in [0.2, 0.25) is 11.8 Å². The van der Waals surface area contributed by atoms with E-state index in [0.717, 1.165) is 50.2 Å². The molecule has 0 spiro atoms. The van der Waals surface area contributed by atoms with Crippen LogP contribution in [-0.2, 0) is 10.8 Å². The molecule has 2 saturated carbocycles. The molecule has 1 saturated heterocycles. The number of hydrogen-bond acceptors (Lipinski definition) is 7. The molecule has 3 atom stereocenters. The van der Waals surface area contributed by atoms with E-state index < -0.39 is 10.8 Å². The lowest BCUT2D eigenvalue weighted by Gasteiger charge is -2.41. The molecule has 0 bridgehead atoms. The Morgan fingerprint density at radius 1 is 1.19 bits per heavy atom. The Morgan fingerprint density at radius 2 is 1.91 bits per heavy atom. The predicted octanol–water partition coefficient (Wildman–Crippen LogP) is 3.54. The summed E-state index contributed by atoms with van der Waals surface area (Å²) in [5, 5.41) is 14.1. The van der Waals surface area contributed by atoms with E-state index in [9.17, 15) is 9.32 Å². The molecule has 2 aliphatic heterocycles. The summed E-state index contributed by atoms with van der Waals surface area (Å²) in [5.41, 5.74) is 1.00. The van der Waals surface area contributed by atoms with E-state index >= 15 is 0 Å². The highest BCUT2D eigenvalue weighted by Gasteiger charge is 2.43. The lowest BCUT2D eigenvalue weighted by atomic mass is 9.77. The number of fused-ring (bicyclic) bond motifs is 2. The molecule has 0 radical (unpaired) electrons. The van der Waals surface area contributed by atoms with Gasteiger partial charge in [0.1, 0.15) is 15.7 Å². The highest BCUT2D eigenvalue weighted by molar-refractivity contribution is 7.85. The van der Waals surface area contributed by atoms with E-state index in [4.69, 9.17) is 21.3 Å². The smallest absolute Gasteiger partial charge is 0.238 e. The maximum Gasteiger partial charge on any atom is 0.238 e. The molecule has 1 aromatic carbocycles. The van der Waals surface area contributed by atoms with Crippen LogP contribution in [0.3, 0.4) is 0 Å². The summed E-state index contributed by atoms with van der Waals surface area (Å²) in [6.07, 6.45) is 5.15. The highest BCUT2D eigenvalue weighted by atomic mass is 35.5. The van der Waals surface area contributed by atoms with E-state index in [1.165, 1.54) is 5.56 Å². The summed E-state index contributed by atoms with van der Waals surface area (Å²) >= 11 is 6.06. The molecule has 3 unspecified atom stereocenters. The SMILES string of the molecule is O=S1COc2nc(N3CC4CC(c5ccc(Cl)cc5)CC4C3)nc(NC3(CO)CCC3)c21. The van der Waals surface area contributed by atoms with Gasteiger partial charge in [0.15, 0.2) is 11.8 Å². The maximum atomic E-state index is 12.5. The van der Waals surface area contributed by atoms with Gasteiger partial charge < -0.3 is 20.1 Å². The summed E-state index contributed by atoms with van der Waals surface area (Å²) < 4.78 is 18.2. The number of benzene rings is 1. The molecule has 3 fully saturated rings. The lowest BCUT2D eigenvalue weighted by Crippen LogP contribution is -2.48. The normalized spacial score (nSPS) is 29.9. The number of rotatable bonds is 5. The van der Waals surface area contributed by atoms with E-state index in [-0.39, 0.29) is 18.1 Å². The average molecular weight is 475 g/mol. The molecular weight excluding hydrogens is 448 g/mol. The molecule has 2 aliphatic carbocycles. The van der Waals surface area contributed by atoms with E-state index in [2.05, 4.69) is 27.3 Å². The van der Waals surface area contributed by atoms with Gasteiger partial charge in [0.05, 0.1) is 12.1 Å². The van der Waals surface area contributed by atoms with Crippen LogP contribution in [0.1, 0.15) is 43.6 Å². The van der Waals surface area contributed by atoms with Gasteiger partial charge in [-0.15, -0.1) is 0 Å². The molecule has 3 heterocycles. The summed E-state index contributed by atoms with van der Waals surface area (Å²) in [6, 6.07) is 8.27. The van der Waals surface area contributed by atoms with Crippen LogP contribution in [0.2, 0.25) is 5.02 Å². The maximum absolute atomic E-state index is 12.5. The minimum absolute atomic E-state index is 0.0363. The molecule has 1 aromatic heterocycles. The standard InChI is InChI=1S/C23H27ClN4O3S/c24-18-4-2-14(3-5-18)15-8-16-10-28(11-17(16)9-15)22-25-20(27-23(12-29)6-1-7-23)19-21(26-22)31-13-32(19)30/h2-5,15-17,29H,1,6-13H2,(H,25,26,27). The first-order valence-corrected chi connectivity index (χ1v) is 13.1. The Balaban J connectivity index is 1.22. The van der Waals surface area contributed by atoms with Gasteiger partial charge >= 0.3 is 0 Å². The van der Waals surface area contributed by atoms with Crippen LogP contribution < -0.4 is 15.0 Å². The minimum Gasteiger partial charge on any atom is -0.463 e. The zero-order valence-corrected chi connectivity index (χ0v) is 19.4. The number of anilines is 2. The summed E-state index contributed by atoms with van der Waals surface area (Å²) in [5.74, 6) is 3.52. The first-order valence-electron chi connectivity index (χ1n) is 11.4. The average Bonchev–Trinajstić information content (AvgIpc) is 3.44. The monoisotopic (exact) mass is 474 g/mol. The van der Waals surface area contributed by atoms with Gasteiger partial charge in [-0.1, -0.05) is 23.7 Å². The number of nitrogens with zero attached hydrogens (tertiary/aromatic N) is 3. The van der Waals surface area contributed by atoms with Gasteiger partial charge in [-0.25, -0.2) is 0 Å². The van der Waals surface area contributed by atoms with Crippen molar-refractivity contribution in [3.63, 3.8) is 0 Å². The van der Waals surface area contributed by atoms with Gasteiger partial charge in [-0.3, -0.25) is 4.21 Å². The zero-order chi connectivity index (χ0) is 21.9. The summed E-state index contributed by atoms with van der Waals surface area (Å²) in [4.78, 5) is 12.2. The molecule has 2 N–H and O–H groups in total. The van der Waals surface area contributed by atoms with Gasteiger partial charge in [0, 0.05) is 18.1 Å². The topological polar surface area (TPSA) is 87.6 Å². The quantitative estimate of drug-likeness (QED) is 0.685. The van der Waals surface area contributed by atoms with Crippen molar-refractivity contribution in [2.75, 3.05) is 35.9 Å². The fraction of sp³-hybridized carbons (Fsp3) is 0.565. The van der Waals surface area contributed by atoms with Crippen molar-refractivity contribution in [2.45, 2.75) is 48.5 Å². The van der Waals surface area contributed by atoms with Crippen LogP contribution in [0.25, 0.3) is 0 Å². The zero-order valence-electron chi connectivity index (χ0n) is 17.8. The minimum atomic E-state index is -1.29. The fourth-order valence-corrected chi connectivity index (χ4v) is 6.84. The lowest BCUT2D eigenvalue weighted by molar-refractivity contribution is 0.143. The van der Waals surface area contributed by atoms with Crippen molar-refractivity contribution in [2.24, 2.45) is 11.8 Å². The van der Waals surface area contributed by atoms with Crippen molar-refractivity contribution < 1.29 is 14.1 Å². The third-order valence-electron chi connectivity index (χ3n) is 7.73. The van der Waals surface area contributed by atoms with Crippen molar-refractivity contribution in [3.8, 4) is 5.88 Å². The molecule has 2 aromatic rings. The Morgan fingerprint density at radius 3 is 2.53 bits per heavy atom. The molecular formula is C23H27ClN4O3S. The molecule has 0 amide bonds. The summed E-state index contributed by atoms with van der Waals surface area (Å²) in [7, 11) is -1.29. The van der Waals surface area contributed by atoms with Crippen molar-refractivity contribution >= 4 is 34.2 Å². The van der Waals surface area contributed by atoms with Gasteiger partial charge in [0.25, 0.3) is 0 Å². The fourth-order valence-electron chi connectivity index (χ4n) is 5.76. The molecule has 4 aliphatic rings. The second-order valence-electron chi connectivity index (χ2n) is 9.68. The molecule has 6 rings (SSSR count). The number of aliphatic hydroxyl groups is 1. The third-order valence-corrected chi connectivity index (χ3v) is 9.13. The first-order chi connectivity index (χ1) is 15.5. The predicted molar refractivity (Wildman–Crippen MR) is 124 cm³/mol. The van der Waals surface area contributed by atoms with Crippen molar-refractivity contribution in [1.82, 2.24) is 9.97 Å². The van der Waals surface area contributed by atoms with E-state index in [1.807, 2.05) is 12.1 Å². The second kappa shape index (κ2) is 7.85. The molecule has 170 valence electrons. The number of aromatic nitrogens is 2. The summed E-state index contributed by atoms with van der Waals surface area (Å²) in [6.45, 7) is 1.87. The third kappa shape index (κ3) is 3.47. The largest absolute Gasteiger partial charge is 0.463 e. The Bertz CT molecular complexity index is 1040. The highest BCUT2D eigenvalue weighted by Crippen LogP contribution is 2.48. The van der Waals surface area contributed by atoms with Crippen LogP contribution >= 0.6 is 11.6 Å². The second-order valence-corrected chi connectivity index (χ2v) is 11.4. The van der Waals surface area contributed by atoms with E-state index in [1.54, 1.807) is 0 Å². The van der Waals surface area contributed by atoms with Crippen molar-refractivity contribution in [1.29, 1.82) is 0 Å². The van der Waals surface area contributed by atoms with Crippen LogP contribution in [0, 0.1) is 11.8 Å². The first kappa shape index (κ1) is 20.7. The number of halogens is 1. The van der Waals surface area contributed by atoms with Gasteiger partial charge in [-0.2, -0.15) is 9.97 Å². The Labute approximate surface area is 195 Å². The van der Waals surface area contributed by atoms with Crippen LogP contribution in [0.5, 0.6) is 5.88 Å². The number of hydrogen-bond donors (Lipinski definition) is 2. The van der Waals surface area contributed by atoms with Crippen LogP contribution in [0.15, 0.2) is 29.2 Å². The van der Waals surface area contributed by atoms with Crippen LogP contribution in [0.4, 0.5) is 11.8 Å². The van der Waals surface area contributed by atoms with E-state index in [0.29, 0.717) is 40.3 Å². The number of ether oxygens (including phenoxy) is 1. The Kier molecular flexibility index (Phi) is 5.08. The molecule has 7 nitrogen and oxygen atoms in total. The Hall–Kier alpha value is -1.90. The van der Waals surface area contributed by atoms with Crippen LogP contribution in [-0.4, -0.2) is 50.5 Å². The molecule has 32 heavy (non-hydrogen) atoms. The van der Waals surface area contributed by atoms with Crippen molar-refractivity contribution in [3.05, 3.63) is 34.9 Å². The molecule has 9 heteroatoms. The number of nitrogens with one attached hydrogen (secondary N) is 1.